The van der Waals surface area contributed by atoms with Gasteiger partial charge < -0.3 is 9.84 Å². The lowest BCUT2D eigenvalue weighted by Crippen LogP contribution is -1.85. The van der Waals surface area contributed by atoms with Crippen LogP contribution in [0.4, 0.5) is 0 Å². The third kappa shape index (κ3) is 111. The molecule has 0 aliphatic heterocycles. The van der Waals surface area contributed by atoms with Crippen molar-refractivity contribution in [3.8, 4) is 0 Å². The van der Waals surface area contributed by atoms with E-state index in [9.17, 15) is 4.79 Å². The molecule has 0 spiro atoms. The quantitative estimate of drug-likeness (QED) is 0.342. The molecule has 0 atom stereocenters. The maximum absolute atomic E-state index is 9.21. The molecule has 5 heteroatoms. The van der Waals surface area contributed by atoms with Crippen molar-refractivity contribution in [3.63, 3.8) is 0 Å². The van der Waals surface area contributed by atoms with Gasteiger partial charge in [-0.3, -0.25) is 9.59 Å². The average Bonchev–Trinajstić information content (AvgIpc) is 1.66. The van der Waals surface area contributed by atoms with Gasteiger partial charge in [0.1, 0.15) is 0 Å². The molecule has 9 heavy (non-hydrogen) atoms. The van der Waals surface area contributed by atoms with Gasteiger partial charge in [0, 0.05) is 6.92 Å². The largest absolute Gasteiger partial charge is 0.441 e. The topological polar surface area (TPSA) is 63.6 Å². The number of carbonyl (C=O) groups excluding carboxylic acids is 2. The SMILES string of the molecule is CC(=O)Cl.O=COCO. The van der Waals surface area contributed by atoms with Gasteiger partial charge >= 0.3 is 0 Å². The molecule has 0 aromatic carbocycles. The first-order chi connectivity index (χ1) is 4.15. The van der Waals surface area contributed by atoms with Crippen LogP contribution >= 0.6 is 11.6 Å². The van der Waals surface area contributed by atoms with E-state index in [0.717, 1.165) is 0 Å². The molecule has 4 nitrogen and oxygen atoms in total. The normalized spacial score (nSPS) is 6.56. The van der Waals surface area contributed by atoms with Gasteiger partial charge in [-0.05, 0) is 11.6 Å². The fraction of sp³-hybridized carbons (Fsp3) is 0.500. The van der Waals surface area contributed by atoms with Crippen molar-refractivity contribution in [1.29, 1.82) is 0 Å². The summed E-state index contributed by atoms with van der Waals surface area (Å²) in [5, 5.41) is 7.25. The van der Waals surface area contributed by atoms with Gasteiger partial charge in [-0.15, -0.1) is 0 Å². The van der Waals surface area contributed by atoms with Gasteiger partial charge in [-0.1, -0.05) is 0 Å². The predicted molar refractivity (Wildman–Crippen MR) is 30.8 cm³/mol. The molecule has 0 aliphatic rings. The van der Waals surface area contributed by atoms with Crippen molar-refractivity contribution in [1.82, 2.24) is 0 Å². The lowest BCUT2D eigenvalue weighted by molar-refractivity contribution is -0.136. The first-order valence-corrected chi connectivity index (χ1v) is 2.35. The molecule has 0 aromatic rings. The summed E-state index contributed by atoms with van der Waals surface area (Å²) >= 11 is 4.64. The lowest BCUT2D eigenvalue weighted by Gasteiger charge is -1.79. The van der Waals surface area contributed by atoms with Gasteiger partial charge in [0.25, 0.3) is 6.47 Å². The van der Waals surface area contributed by atoms with Crippen LogP contribution in [-0.2, 0) is 14.3 Å². The van der Waals surface area contributed by atoms with E-state index < -0.39 is 6.79 Å². The number of aliphatic hydroxyl groups is 1. The minimum atomic E-state index is -0.524. The van der Waals surface area contributed by atoms with Crippen LogP contribution in [0.3, 0.4) is 0 Å². The molecule has 0 saturated carbocycles. The van der Waals surface area contributed by atoms with Gasteiger partial charge in [0.05, 0.1) is 0 Å². The van der Waals surface area contributed by atoms with E-state index in [1.807, 2.05) is 0 Å². The Kier molecular flexibility index (Phi) is 13.0. The fourth-order valence-corrected chi connectivity index (χ4v) is 0.0304. The zero-order valence-corrected chi connectivity index (χ0v) is 5.59. The summed E-state index contributed by atoms with van der Waals surface area (Å²) in [4.78, 5) is 18.2. The third-order valence-electron chi connectivity index (χ3n) is 0.143. The highest BCUT2D eigenvalue weighted by Gasteiger charge is 1.67. The summed E-state index contributed by atoms with van der Waals surface area (Å²) in [5.41, 5.74) is 0. The highest BCUT2D eigenvalue weighted by molar-refractivity contribution is 6.62. The number of carbonyl (C=O) groups is 2. The minimum Gasteiger partial charge on any atom is -0.441 e. The Morgan fingerprint density at radius 3 is 2.22 bits per heavy atom. The highest BCUT2D eigenvalue weighted by Crippen LogP contribution is 1.67. The molecular formula is C4H7ClO4. The van der Waals surface area contributed by atoms with Crippen LogP contribution in [0.5, 0.6) is 0 Å². The summed E-state index contributed by atoms with van der Waals surface area (Å²) in [5.74, 6) is 0. The first kappa shape index (κ1) is 11.2. The Labute approximate surface area is 57.4 Å². The second-order valence-corrected chi connectivity index (χ2v) is 1.39. The van der Waals surface area contributed by atoms with E-state index in [1.165, 1.54) is 6.92 Å². The second kappa shape index (κ2) is 10.4. The zero-order chi connectivity index (χ0) is 7.70. The standard InChI is InChI=1S/C2H3ClO.C2H4O3/c1-2(3)4;3-1-5-2-4/h1H3;1,4H,2H2. The second-order valence-electron chi connectivity index (χ2n) is 0.862. The van der Waals surface area contributed by atoms with Crippen molar-refractivity contribution < 1.29 is 19.4 Å². The fourth-order valence-electron chi connectivity index (χ4n) is 0.0304. The maximum Gasteiger partial charge on any atom is 0.295 e. The smallest absolute Gasteiger partial charge is 0.295 e. The number of rotatable bonds is 2. The minimum absolute atomic E-state index is 0.181. The number of ether oxygens (including phenoxy) is 1. The highest BCUT2D eigenvalue weighted by atomic mass is 35.5. The van der Waals surface area contributed by atoms with Gasteiger partial charge in [0.15, 0.2) is 6.79 Å². The molecule has 0 fully saturated rings. The Morgan fingerprint density at radius 2 is 2.22 bits per heavy atom. The van der Waals surface area contributed by atoms with Crippen LogP contribution in [0.2, 0.25) is 0 Å². The number of halogens is 1. The van der Waals surface area contributed by atoms with E-state index in [1.54, 1.807) is 0 Å². The number of hydrogen-bond donors (Lipinski definition) is 1. The monoisotopic (exact) mass is 154 g/mol. The summed E-state index contributed by atoms with van der Waals surface area (Å²) in [6, 6.07) is 0. The summed E-state index contributed by atoms with van der Waals surface area (Å²) in [6.45, 7) is 0.949. The van der Waals surface area contributed by atoms with E-state index in [2.05, 4.69) is 16.3 Å². The zero-order valence-electron chi connectivity index (χ0n) is 4.83. The van der Waals surface area contributed by atoms with Crippen molar-refractivity contribution in [2.75, 3.05) is 6.79 Å². The summed E-state index contributed by atoms with van der Waals surface area (Å²) < 4.78 is 3.71. The average molecular weight is 155 g/mol. The number of hydrogen-bond acceptors (Lipinski definition) is 4. The molecule has 54 valence electrons. The van der Waals surface area contributed by atoms with E-state index in [-0.39, 0.29) is 11.7 Å². The van der Waals surface area contributed by atoms with E-state index >= 15 is 0 Å². The van der Waals surface area contributed by atoms with Crippen LogP contribution in [0.1, 0.15) is 6.92 Å². The molecule has 0 unspecified atom stereocenters. The van der Waals surface area contributed by atoms with Crippen LogP contribution in [-0.4, -0.2) is 23.6 Å². The molecular weight excluding hydrogens is 147 g/mol. The Hall–Kier alpha value is -0.610. The summed E-state index contributed by atoms with van der Waals surface area (Å²) in [7, 11) is 0. The molecule has 0 aliphatic carbocycles. The maximum atomic E-state index is 9.21. The van der Waals surface area contributed by atoms with Crippen molar-refractivity contribution in [3.05, 3.63) is 0 Å². The number of aliphatic hydroxyl groups excluding tert-OH is 1. The third-order valence-corrected chi connectivity index (χ3v) is 0.143. The Balaban J connectivity index is 0. The Morgan fingerprint density at radius 1 is 1.89 bits per heavy atom. The molecule has 1 N–H and O–H groups in total. The first-order valence-electron chi connectivity index (χ1n) is 1.97. The van der Waals surface area contributed by atoms with Gasteiger partial charge in [-0.25, -0.2) is 0 Å². The van der Waals surface area contributed by atoms with Crippen LogP contribution in [0.25, 0.3) is 0 Å². The van der Waals surface area contributed by atoms with E-state index in [0.29, 0.717) is 0 Å². The van der Waals surface area contributed by atoms with Crippen LogP contribution in [0.15, 0.2) is 0 Å². The predicted octanol–water partition coefficient (Wildman–Crippen LogP) is -0.119. The molecule has 0 heterocycles. The van der Waals surface area contributed by atoms with Crippen molar-refractivity contribution in [2.45, 2.75) is 6.92 Å². The van der Waals surface area contributed by atoms with E-state index in [4.69, 9.17) is 9.90 Å². The molecule has 0 rings (SSSR count). The van der Waals surface area contributed by atoms with Gasteiger partial charge in [-0.2, -0.15) is 0 Å². The summed E-state index contributed by atoms with van der Waals surface area (Å²) in [6.07, 6.45) is 0. The molecule has 0 amide bonds. The lowest BCUT2D eigenvalue weighted by atomic mass is 10.9. The van der Waals surface area contributed by atoms with Crippen LogP contribution < -0.4 is 0 Å². The molecule has 0 radical (unpaired) electrons. The van der Waals surface area contributed by atoms with Gasteiger partial charge in [0.2, 0.25) is 5.24 Å². The van der Waals surface area contributed by atoms with Crippen LogP contribution in [0, 0.1) is 0 Å². The van der Waals surface area contributed by atoms with Crippen molar-refractivity contribution >= 4 is 23.3 Å². The molecule has 0 aromatic heterocycles. The Bertz CT molecular complexity index is 78.6. The molecule has 0 bridgehead atoms. The van der Waals surface area contributed by atoms with Crippen molar-refractivity contribution in [2.24, 2.45) is 0 Å². The molecule has 0 saturated heterocycles.